The molecule has 194 valence electrons. The van der Waals surface area contributed by atoms with Crippen molar-refractivity contribution in [1.29, 1.82) is 0 Å². The third kappa shape index (κ3) is 2.80. The third-order valence-corrected chi connectivity index (χ3v) is 8.63. The van der Waals surface area contributed by atoms with E-state index in [1.807, 2.05) is 42.5 Å². The molecule has 0 bridgehead atoms. The summed E-state index contributed by atoms with van der Waals surface area (Å²) in [6.45, 7) is 0. The van der Waals surface area contributed by atoms with Crippen molar-refractivity contribution in [3.8, 4) is 11.1 Å². The van der Waals surface area contributed by atoms with Crippen LogP contribution in [0.5, 0.6) is 0 Å². The molecule has 4 heteroatoms. The van der Waals surface area contributed by atoms with Crippen molar-refractivity contribution in [3.05, 3.63) is 143 Å². The molecule has 2 aliphatic rings. The molecule has 0 unspecified atom stereocenters. The van der Waals surface area contributed by atoms with Crippen molar-refractivity contribution in [1.82, 2.24) is 0 Å². The topological polar surface area (TPSA) is 51.0 Å². The van der Waals surface area contributed by atoms with Crippen LogP contribution in [0.25, 0.3) is 60.6 Å². The molecule has 0 fully saturated rings. The van der Waals surface area contributed by atoms with E-state index in [1.54, 1.807) is 0 Å². The summed E-state index contributed by atoms with van der Waals surface area (Å²) >= 11 is 0. The predicted octanol–water partition coefficient (Wildman–Crippen LogP) is 8.75. The van der Waals surface area contributed by atoms with Crippen LogP contribution in [0.2, 0.25) is 0 Å². The highest BCUT2D eigenvalue weighted by atomic mass is 16.3. The highest BCUT2D eigenvalue weighted by Crippen LogP contribution is 2.43. The lowest BCUT2D eigenvalue weighted by atomic mass is 9.90. The molecule has 2 aromatic heterocycles. The molecule has 0 radical (unpaired) electrons. The summed E-state index contributed by atoms with van der Waals surface area (Å²) in [7, 11) is 0. The second-order valence-electron chi connectivity index (χ2n) is 10.9. The van der Waals surface area contributed by atoms with Gasteiger partial charge in [-0.05, 0) is 48.0 Å². The number of furan rings is 2. The first-order valence-electron chi connectivity index (χ1n) is 14.1. The third-order valence-electron chi connectivity index (χ3n) is 8.63. The molecule has 0 N–H and O–H groups in total. The van der Waals surface area contributed by atoms with Crippen LogP contribution in [0.1, 0.15) is 11.1 Å². The number of hydrogen-bond acceptors (Lipinski definition) is 4. The summed E-state index contributed by atoms with van der Waals surface area (Å²) in [6, 6.07) is 41.7. The van der Waals surface area contributed by atoms with Gasteiger partial charge in [0.2, 0.25) is 0 Å². The molecular formula is C38H20N2O2. The Morgan fingerprint density at radius 2 is 1.05 bits per heavy atom. The zero-order valence-electron chi connectivity index (χ0n) is 22.3. The number of benzene rings is 6. The van der Waals surface area contributed by atoms with Crippen molar-refractivity contribution < 1.29 is 8.83 Å². The minimum absolute atomic E-state index is 0.851. The van der Waals surface area contributed by atoms with Gasteiger partial charge in [0.1, 0.15) is 22.3 Å². The zero-order chi connectivity index (χ0) is 27.4. The molecule has 8 aromatic rings. The Balaban J connectivity index is 1.38. The van der Waals surface area contributed by atoms with Gasteiger partial charge in [0.25, 0.3) is 0 Å². The van der Waals surface area contributed by atoms with Crippen LogP contribution in [0, 0.1) is 0 Å². The molecule has 0 spiro atoms. The van der Waals surface area contributed by atoms with E-state index in [0.29, 0.717) is 0 Å². The molecule has 0 saturated heterocycles. The van der Waals surface area contributed by atoms with E-state index in [-0.39, 0.29) is 0 Å². The number of rotatable bonds is 2. The zero-order valence-corrected chi connectivity index (χ0v) is 22.3. The van der Waals surface area contributed by atoms with Gasteiger partial charge in [0.05, 0.1) is 22.4 Å². The van der Waals surface area contributed by atoms with Gasteiger partial charge in [0, 0.05) is 49.0 Å². The quantitative estimate of drug-likeness (QED) is 0.222. The lowest BCUT2D eigenvalue weighted by molar-refractivity contribution is 0.668. The SMILES string of the molecule is c1ccc2c(c1)N=c1ccc3c(c1-2)N=C(c1cccc2oc4ccccc4c12)C=3c1cccc2oc3ccccc3c12. The molecular weight excluding hydrogens is 516 g/mol. The number of hydrogen-bond donors (Lipinski definition) is 0. The Morgan fingerprint density at radius 1 is 0.452 bits per heavy atom. The Bertz CT molecular complexity index is 2630. The maximum absolute atomic E-state index is 6.33. The lowest BCUT2D eigenvalue weighted by Gasteiger charge is -2.11. The second-order valence-corrected chi connectivity index (χ2v) is 10.9. The molecule has 4 nitrogen and oxygen atoms in total. The predicted molar refractivity (Wildman–Crippen MR) is 168 cm³/mol. The van der Waals surface area contributed by atoms with E-state index in [0.717, 1.165) is 99.4 Å². The first-order valence-corrected chi connectivity index (χ1v) is 14.1. The first-order chi connectivity index (χ1) is 20.8. The summed E-state index contributed by atoms with van der Waals surface area (Å²) in [4.78, 5) is 10.5. The first kappa shape index (κ1) is 22.0. The summed E-state index contributed by atoms with van der Waals surface area (Å²) in [5.74, 6) is 0. The van der Waals surface area contributed by atoms with E-state index in [2.05, 4.69) is 78.9 Å². The second kappa shape index (κ2) is 7.93. The van der Waals surface area contributed by atoms with Crippen LogP contribution < -0.4 is 10.6 Å². The Labute approximate surface area is 239 Å². The maximum Gasteiger partial charge on any atom is 0.136 e. The van der Waals surface area contributed by atoms with Crippen molar-refractivity contribution in [2.75, 3.05) is 0 Å². The summed E-state index contributed by atoms with van der Waals surface area (Å²) in [5, 5.41) is 6.40. The van der Waals surface area contributed by atoms with E-state index < -0.39 is 0 Å². The van der Waals surface area contributed by atoms with Gasteiger partial charge < -0.3 is 8.83 Å². The number of nitrogens with zero attached hydrogens (tertiary/aromatic N) is 2. The fraction of sp³-hybridized carbons (Fsp3) is 0. The summed E-state index contributed by atoms with van der Waals surface area (Å²) in [6.07, 6.45) is 0. The molecule has 0 amide bonds. The van der Waals surface area contributed by atoms with Crippen LogP contribution >= 0.6 is 0 Å². The number of fused-ring (bicyclic) bond motifs is 11. The molecule has 0 saturated carbocycles. The van der Waals surface area contributed by atoms with E-state index >= 15 is 0 Å². The smallest absolute Gasteiger partial charge is 0.136 e. The molecule has 4 heterocycles. The van der Waals surface area contributed by atoms with Crippen molar-refractivity contribution in [2.45, 2.75) is 0 Å². The largest absolute Gasteiger partial charge is 0.456 e. The maximum atomic E-state index is 6.33. The van der Waals surface area contributed by atoms with Gasteiger partial charge in [-0.1, -0.05) is 78.9 Å². The van der Waals surface area contributed by atoms with Gasteiger partial charge in [-0.3, -0.25) is 0 Å². The fourth-order valence-electron chi connectivity index (χ4n) is 6.89. The minimum atomic E-state index is 0.851. The Kier molecular flexibility index (Phi) is 4.15. The van der Waals surface area contributed by atoms with Gasteiger partial charge in [-0.2, -0.15) is 0 Å². The summed E-state index contributed by atoms with van der Waals surface area (Å²) in [5.41, 5.74) is 11.8. The Hall–Kier alpha value is -5.74. The monoisotopic (exact) mass is 536 g/mol. The molecule has 6 aromatic carbocycles. The molecule has 0 aliphatic carbocycles. The van der Waals surface area contributed by atoms with Crippen LogP contribution in [0.4, 0.5) is 11.4 Å². The average molecular weight is 537 g/mol. The highest BCUT2D eigenvalue weighted by Gasteiger charge is 2.29. The number of aliphatic imine (C=N–C) groups is 1. The van der Waals surface area contributed by atoms with Crippen molar-refractivity contribution in [2.24, 2.45) is 9.98 Å². The molecule has 42 heavy (non-hydrogen) atoms. The summed E-state index contributed by atoms with van der Waals surface area (Å²) < 4.78 is 12.6. The number of para-hydroxylation sites is 3. The normalized spacial score (nSPS) is 13.5. The molecule has 0 atom stereocenters. The standard InChI is InChI=1S/C38H20N2O2/c1-4-14-27-21(9-1)36-28(39-27)20-19-26-35(24-12-7-17-31-33(24)22-10-2-5-15-29(22)41-31)37(40-38(26)36)25-13-8-18-32-34(25)23-11-3-6-16-30(23)42-32/h1-20H. The van der Waals surface area contributed by atoms with Crippen molar-refractivity contribution in [3.63, 3.8) is 0 Å². The van der Waals surface area contributed by atoms with Gasteiger partial charge >= 0.3 is 0 Å². The van der Waals surface area contributed by atoms with E-state index in [4.69, 9.17) is 18.8 Å². The van der Waals surface area contributed by atoms with Gasteiger partial charge in [0.15, 0.2) is 0 Å². The lowest BCUT2D eigenvalue weighted by Crippen LogP contribution is -2.14. The Morgan fingerprint density at radius 3 is 1.81 bits per heavy atom. The minimum Gasteiger partial charge on any atom is -0.456 e. The van der Waals surface area contributed by atoms with Crippen LogP contribution in [-0.2, 0) is 0 Å². The molecule has 2 aliphatic heterocycles. The molecule has 10 rings (SSSR count). The van der Waals surface area contributed by atoms with Gasteiger partial charge in [-0.15, -0.1) is 0 Å². The van der Waals surface area contributed by atoms with Gasteiger partial charge in [-0.25, -0.2) is 9.98 Å². The van der Waals surface area contributed by atoms with Crippen LogP contribution in [-0.4, -0.2) is 5.71 Å². The van der Waals surface area contributed by atoms with Crippen LogP contribution in [0.3, 0.4) is 0 Å². The van der Waals surface area contributed by atoms with E-state index in [1.165, 1.54) is 0 Å². The fourth-order valence-corrected chi connectivity index (χ4v) is 6.89. The average Bonchev–Trinajstić information content (AvgIpc) is 3.79. The van der Waals surface area contributed by atoms with Crippen molar-refractivity contribution >= 4 is 66.5 Å². The highest BCUT2D eigenvalue weighted by molar-refractivity contribution is 6.40. The van der Waals surface area contributed by atoms with E-state index in [9.17, 15) is 0 Å². The van der Waals surface area contributed by atoms with Crippen LogP contribution in [0.15, 0.2) is 140 Å².